The van der Waals surface area contributed by atoms with Crippen LogP contribution in [-0.2, 0) is 0 Å². The zero-order valence-electron chi connectivity index (χ0n) is 17.7. The Morgan fingerprint density at radius 2 is 1.85 bits per heavy atom. The number of fused-ring (bicyclic) bond motifs is 1. The second kappa shape index (κ2) is 8.10. The molecule has 0 aromatic carbocycles. The molecule has 2 aliphatic heterocycles. The van der Waals surface area contributed by atoms with Crippen LogP contribution in [0.4, 0.5) is 4.79 Å². The zero-order chi connectivity index (χ0) is 19.9. The van der Waals surface area contributed by atoms with Crippen molar-refractivity contribution in [1.82, 2.24) is 9.57 Å². The van der Waals surface area contributed by atoms with Crippen molar-refractivity contribution in [3.8, 4) is 0 Å². The first-order valence-corrected chi connectivity index (χ1v) is 11.0. The summed E-state index contributed by atoms with van der Waals surface area (Å²) in [5.41, 5.74) is 1.53. The summed E-state index contributed by atoms with van der Waals surface area (Å²) >= 11 is 5.99. The minimum Gasteiger partial charge on any atom is -0.303 e. The molecule has 2 fully saturated rings. The molecule has 1 amide bonds. The summed E-state index contributed by atoms with van der Waals surface area (Å²) in [7, 11) is 2.97. The van der Waals surface area contributed by atoms with Gasteiger partial charge in [0.15, 0.2) is 0 Å². The lowest BCUT2D eigenvalue weighted by Crippen LogP contribution is -2.50. The number of amides is 1. The van der Waals surface area contributed by atoms with Crippen molar-refractivity contribution in [3.63, 3.8) is 0 Å². The Hall–Kier alpha value is -0.110. The second-order valence-corrected chi connectivity index (χ2v) is 10.8. The quantitative estimate of drug-likeness (QED) is 0.306. The number of halogens is 1. The van der Waals surface area contributed by atoms with Gasteiger partial charge in [-0.05, 0) is 65.9 Å². The molecular weight excluding hydrogens is 363 g/mol. The molecule has 6 atom stereocenters. The standard InChI is InChI=1S/C21H38ClN2OP/c1-8-16-10-14(3)18-17(15(4)11-24(16)19(22)25)20(5,6)12-23(26)13-21(18,7)9-2/h8,14-15,17-18H,9-13,26H2,1-7H3/b16-8+. The van der Waals surface area contributed by atoms with E-state index in [-0.39, 0.29) is 16.2 Å². The number of carbonyl (C=O) groups excluding carboxylic acids is 1. The minimum absolute atomic E-state index is 0.182. The van der Waals surface area contributed by atoms with Crippen molar-refractivity contribution < 1.29 is 4.79 Å². The highest BCUT2D eigenvalue weighted by atomic mass is 35.5. The first-order valence-electron chi connectivity index (χ1n) is 10.1. The van der Waals surface area contributed by atoms with E-state index in [1.54, 1.807) is 0 Å². The van der Waals surface area contributed by atoms with E-state index in [0.29, 0.717) is 23.7 Å². The third-order valence-electron chi connectivity index (χ3n) is 7.20. The van der Waals surface area contributed by atoms with Gasteiger partial charge in [0, 0.05) is 25.3 Å². The van der Waals surface area contributed by atoms with Crippen molar-refractivity contribution in [1.29, 1.82) is 0 Å². The number of likely N-dealkylation sites (tertiary alicyclic amines) is 1. The molecule has 2 saturated heterocycles. The molecule has 0 saturated carbocycles. The first-order chi connectivity index (χ1) is 12.0. The van der Waals surface area contributed by atoms with E-state index in [1.807, 2.05) is 11.8 Å². The number of carbonyl (C=O) groups is 1. The van der Waals surface area contributed by atoms with Gasteiger partial charge in [-0.25, -0.2) is 0 Å². The maximum Gasteiger partial charge on any atom is 0.320 e. The van der Waals surface area contributed by atoms with Crippen LogP contribution in [0.25, 0.3) is 0 Å². The number of rotatable bonds is 1. The van der Waals surface area contributed by atoms with Gasteiger partial charge in [-0.15, -0.1) is 0 Å². The number of nitrogens with zero attached hydrogens (tertiary/aromatic N) is 2. The maximum atomic E-state index is 12.1. The van der Waals surface area contributed by atoms with Gasteiger partial charge in [-0.2, -0.15) is 0 Å². The van der Waals surface area contributed by atoms with E-state index in [2.05, 4.69) is 61.7 Å². The fraction of sp³-hybridized carbons (Fsp3) is 0.857. The molecule has 6 unspecified atom stereocenters. The van der Waals surface area contributed by atoms with Gasteiger partial charge < -0.3 is 4.90 Å². The third-order valence-corrected chi connectivity index (χ3v) is 7.77. The molecule has 5 heteroatoms. The van der Waals surface area contributed by atoms with Gasteiger partial charge in [-0.1, -0.05) is 57.0 Å². The summed E-state index contributed by atoms with van der Waals surface area (Å²) in [6.07, 6.45) is 4.18. The fourth-order valence-electron chi connectivity index (χ4n) is 6.23. The Labute approximate surface area is 168 Å². The Morgan fingerprint density at radius 1 is 1.23 bits per heavy atom. The highest BCUT2D eigenvalue weighted by Crippen LogP contribution is 2.55. The highest BCUT2D eigenvalue weighted by molar-refractivity contribution is 7.13. The summed E-state index contributed by atoms with van der Waals surface area (Å²) in [6, 6.07) is 0. The molecule has 0 spiro atoms. The van der Waals surface area contributed by atoms with E-state index in [4.69, 9.17) is 11.6 Å². The van der Waals surface area contributed by atoms with Crippen molar-refractivity contribution in [3.05, 3.63) is 11.8 Å². The molecular formula is C21H38ClN2OP. The summed E-state index contributed by atoms with van der Waals surface area (Å²) in [5, 5.41) is -0.340. The molecule has 0 aromatic rings. The van der Waals surface area contributed by atoms with Crippen LogP contribution in [-0.4, -0.2) is 34.6 Å². The van der Waals surface area contributed by atoms with E-state index in [1.165, 1.54) is 6.42 Å². The molecule has 0 radical (unpaired) electrons. The Balaban J connectivity index is 2.59. The van der Waals surface area contributed by atoms with Gasteiger partial charge >= 0.3 is 5.37 Å². The van der Waals surface area contributed by atoms with Gasteiger partial charge in [0.05, 0.1) is 0 Å². The van der Waals surface area contributed by atoms with Crippen molar-refractivity contribution in [2.75, 3.05) is 19.6 Å². The summed E-state index contributed by atoms with van der Waals surface area (Å²) < 4.78 is 2.45. The summed E-state index contributed by atoms with van der Waals surface area (Å²) in [4.78, 5) is 14.0. The van der Waals surface area contributed by atoms with Crippen molar-refractivity contribution in [2.24, 2.45) is 34.5 Å². The average molecular weight is 401 g/mol. The minimum atomic E-state index is -0.340. The van der Waals surface area contributed by atoms with Crippen LogP contribution in [0.1, 0.15) is 61.3 Å². The molecule has 0 aromatic heterocycles. The van der Waals surface area contributed by atoms with Crippen LogP contribution >= 0.6 is 21.0 Å². The lowest BCUT2D eigenvalue weighted by molar-refractivity contribution is -0.0187. The summed E-state index contributed by atoms with van der Waals surface area (Å²) in [5.74, 6) is 2.07. The largest absolute Gasteiger partial charge is 0.320 e. The lowest BCUT2D eigenvalue weighted by Gasteiger charge is -2.52. The topological polar surface area (TPSA) is 23.6 Å². The Bertz CT molecular complexity index is 564. The highest BCUT2D eigenvalue weighted by Gasteiger charge is 2.53. The monoisotopic (exact) mass is 400 g/mol. The van der Waals surface area contributed by atoms with Crippen LogP contribution < -0.4 is 0 Å². The molecule has 2 heterocycles. The average Bonchev–Trinajstić information content (AvgIpc) is 2.59. The van der Waals surface area contributed by atoms with E-state index >= 15 is 0 Å². The van der Waals surface area contributed by atoms with E-state index in [9.17, 15) is 4.79 Å². The molecule has 0 aliphatic carbocycles. The lowest BCUT2D eigenvalue weighted by atomic mass is 9.54. The van der Waals surface area contributed by atoms with Crippen LogP contribution in [0.15, 0.2) is 11.8 Å². The van der Waals surface area contributed by atoms with E-state index < -0.39 is 0 Å². The predicted molar refractivity (Wildman–Crippen MR) is 115 cm³/mol. The van der Waals surface area contributed by atoms with Crippen molar-refractivity contribution in [2.45, 2.75) is 61.3 Å². The smallest absolute Gasteiger partial charge is 0.303 e. The number of allylic oxidation sites excluding steroid dienone is 2. The van der Waals surface area contributed by atoms with E-state index in [0.717, 1.165) is 31.8 Å². The second-order valence-electron chi connectivity index (χ2n) is 9.75. The van der Waals surface area contributed by atoms with Crippen LogP contribution in [0, 0.1) is 34.5 Å². The molecule has 150 valence electrons. The third kappa shape index (κ3) is 4.15. The number of hydrogen-bond donors (Lipinski definition) is 0. The SMILES string of the molecule is C/C=C1\CC(C)C2C(C(C)CN1C(=O)Cl)C(C)(C)CN(P)CC2(C)CC. The predicted octanol–water partition coefficient (Wildman–Crippen LogP) is 6.01. The molecule has 0 bridgehead atoms. The Morgan fingerprint density at radius 3 is 2.35 bits per heavy atom. The molecule has 26 heavy (non-hydrogen) atoms. The van der Waals surface area contributed by atoms with Crippen molar-refractivity contribution >= 4 is 26.4 Å². The van der Waals surface area contributed by atoms with Gasteiger partial charge in [-0.3, -0.25) is 9.46 Å². The zero-order valence-corrected chi connectivity index (χ0v) is 19.6. The normalized spacial score (nSPS) is 40.5. The molecule has 2 rings (SSSR count). The van der Waals surface area contributed by atoms with Gasteiger partial charge in [0.1, 0.15) is 0 Å². The Kier molecular flexibility index (Phi) is 6.91. The van der Waals surface area contributed by atoms with Gasteiger partial charge in [0.25, 0.3) is 0 Å². The molecule has 0 N–H and O–H groups in total. The maximum absolute atomic E-state index is 12.1. The van der Waals surface area contributed by atoms with Crippen LogP contribution in [0.5, 0.6) is 0 Å². The first kappa shape index (κ1) is 22.2. The number of hydrogen-bond acceptors (Lipinski definition) is 2. The fourth-order valence-corrected chi connectivity index (χ4v) is 7.30. The molecule has 2 aliphatic rings. The van der Waals surface area contributed by atoms with Gasteiger partial charge in [0.2, 0.25) is 0 Å². The van der Waals surface area contributed by atoms with Crippen LogP contribution in [0.2, 0.25) is 0 Å². The summed E-state index contributed by atoms with van der Waals surface area (Å²) in [6.45, 7) is 19.3. The molecule has 3 nitrogen and oxygen atoms in total. The van der Waals surface area contributed by atoms with Crippen LogP contribution in [0.3, 0.4) is 0 Å².